The molecule has 2 saturated heterocycles. The lowest BCUT2D eigenvalue weighted by Gasteiger charge is -2.31. The number of likely N-dealkylation sites (tertiary alicyclic amines) is 2. The van der Waals surface area contributed by atoms with Crippen LogP contribution in [0.1, 0.15) is 47.3 Å². The topological polar surface area (TPSA) is 128 Å². The lowest BCUT2D eigenvalue weighted by molar-refractivity contribution is -0.110. The molecule has 0 atom stereocenters. The van der Waals surface area contributed by atoms with Gasteiger partial charge in [-0.2, -0.15) is 0 Å². The van der Waals surface area contributed by atoms with Crippen LogP contribution < -0.4 is 11.1 Å². The molecule has 208 valence electrons. The van der Waals surface area contributed by atoms with Crippen LogP contribution in [0.4, 0.5) is 20.2 Å². The van der Waals surface area contributed by atoms with E-state index in [1.807, 2.05) is 11.0 Å². The van der Waals surface area contributed by atoms with Gasteiger partial charge in [0.2, 0.25) is 0 Å². The van der Waals surface area contributed by atoms with Crippen LogP contribution >= 0.6 is 0 Å². The maximum atomic E-state index is 13.5. The number of carbonyl (C=O) groups is 2. The number of amides is 2. The molecule has 2 fully saturated rings. The second kappa shape index (κ2) is 11.5. The van der Waals surface area contributed by atoms with E-state index in [-0.39, 0.29) is 35.7 Å². The summed E-state index contributed by atoms with van der Waals surface area (Å²) < 4.78 is 27.0. The van der Waals surface area contributed by atoms with Crippen LogP contribution in [0.3, 0.4) is 0 Å². The van der Waals surface area contributed by atoms with Crippen molar-refractivity contribution < 1.29 is 18.4 Å². The van der Waals surface area contributed by atoms with Gasteiger partial charge in [0.25, 0.3) is 17.7 Å². The number of benzene rings is 1. The first-order valence-electron chi connectivity index (χ1n) is 13.3. The number of aromatic nitrogens is 2. The number of anilines is 2. The largest absolute Gasteiger partial charge is 0.398 e. The highest BCUT2D eigenvalue weighted by Crippen LogP contribution is 2.29. The fourth-order valence-corrected chi connectivity index (χ4v) is 4.97. The first-order valence-corrected chi connectivity index (χ1v) is 13.3. The van der Waals surface area contributed by atoms with Crippen molar-refractivity contribution in [2.75, 3.05) is 37.2 Å². The molecule has 3 aromatic rings. The Morgan fingerprint density at radius 1 is 0.975 bits per heavy atom. The zero-order valence-corrected chi connectivity index (χ0v) is 22.0. The molecule has 5 rings (SSSR count). The van der Waals surface area contributed by atoms with Gasteiger partial charge in [0.1, 0.15) is 11.4 Å². The summed E-state index contributed by atoms with van der Waals surface area (Å²) in [5.41, 5.74) is 9.35. The number of nitrogens with zero attached hydrogens (tertiary/aromatic N) is 4. The molecule has 2 aromatic heterocycles. The van der Waals surface area contributed by atoms with Crippen molar-refractivity contribution in [1.82, 2.24) is 19.8 Å². The number of nitrogen functional groups attached to an aromatic ring is 1. The third-order valence-corrected chi connectivity index (χ3v) is 7.31. The number of carbonyl (C=O) groups excluding carboxylic acids is 2. The number of piperidine rings is 1. The van der Waals surface area contributed by atoms with Gasteiger partial charge in [-0.05, 0) is 54.3 Å². The number of hydrogen-bond acceptors (Lipinski definition) is 7. The summed E-state index contributed by atoms with van der Waals surface area (Å²) in [4.78, 5) is 37.6. The molecule has 0 saturated carbocycles. The minimum atomic E-state index is -2.60. The number of nitrogens with one attached hydrogen (secondary N) is 2. The van der Waals surface area contributed by atoms with Crippen LogP contribution in [-0.4, -0.2) is 69.4 Å². The Hall–Kier alpha value is -4.25. The third-order valence-electron chi connectivity index (χ3n) is 7.31. The molecule has 4 heterocycles. The molecule has 0 aliphatic carbocycles. The highest BCUT2D eigenvalue weighted by Gasteiger charge is 2.33. The Balaban J connectivity index is 1.26. The number of alkyl halides is 2. The molecule has 1 aromatic carbocycles. The summed E-state index contributed by atoms with van der Waals surface area (Å²) in [6.07, 6.45) is 6.44. The molecule has 11 heteroatoms. The maximum absolute atomic E-state index is 13.5. The Labute approximate surface area is 230 Å². The van der Waals surface area contributed by atoms with E-state index in [4.69, 9.17) is 11.1 Å². The summed E-state index contributed by atoms with van der Waals surface area (Å²) in [5, 5.41) is 11.1. The molecule has 0 radical (unpaired) electrons. The molecule has 0 bridgehead atoms. The van der Waals surface area contributed by atoms with Crippen LogP contribution in [0, 0.1) is 5.41 Å². The first-order chi connectivity index (χ1) is 19.2. The predicted octanol–water partition coefficient (Wildman–Crippen LogP) is 4.20. The molecule has 2 amide bonds. The Kier molecular flexibility index (Phi) is 7.83. The molecular weight excluding hydrogens is 516 g/mol. The van der Waals surface area contributed by atoms with Crippen molar-refractivity contribution >= 4 is 28.9 Å². The zero-order valence-electron chi connectivity index (χ0n) is 22.0. The fourth-order valence-electron chi connectivity index (χ4n) is 4.97. The van der Waals surface area contributed by atoms with Gasteiger partial charge >= 0.3 is 0 Å². The molecule has 9 nitrogen and oxygen atoms in total. The number of nitrogens with two attached hydrogens (primary N) is 1. The van der Waals surface area contributed by atoms with Crippen LogP contribution in [-0.2, 0) is 11.3 Å². The smallest absolute Gasteiger partial charge is 0.274 e. The summed E-state index contributed by atoms with van der Waals surface area (Å²) >= 11 is 0. The molecular formula is C29H31F2N7O2. The van der Waals surface area contributed by atoms with Gasteiger partial charge in [-0.1, -0.05) is 6.07 Å². The van der Waals surface area contributed by atoms with E-state index in [0.29, 0.717) is 36.6 Å². The predicted molar refractivity (Wildman–Crippen MR) is 148 cm³/mol. The van der Waals surface area contributed by atoms with E-state index in [0.717, 1.165) is 37.1 Å². The van der Waals surface area contributed by atoms with Gasteiger partial charge in [-0.3, -0.25) is 24.9 Å². The lowest BCUT2D eigenvalue weighted by Crippen LogP contribution is -2.38. The van der Waals surface area contributed by atoms with Crippen LogP contribution in [0.5, 0.6) is 0 Å². The Morgan fingerprint density at radius 2 is 1.73 bits per heavy atom. The Morgan fingerprint density at radius 3 is 2.42 bits per heavy atom. The normalized spacial score (nSPS) is 17.0. The van der Waals surface area contributed by atoms with Gasteiger partial charge in [-0.25, -0.2) is 13.8 Å². The van der Waals surface area contributed by atoms with Gasteiger partial charge in [0, 0.05) is 74.8 Å². The van der Waals surface area contributed by atoms with E-state index in [1.165, 1.54) is 6.20 Å². The quantitative estimate of drug-likeness (QED) is 0.301. The molecule has 4 N–H and O–H groups in total. The van der Waals surface area contributed by atoms with E-state index < -0.39 is 11.8 Å². The van der Waals surface area contributed by atoms with Crippen molar-refractivity contribution in [3.63, 3.8) is 0 Å². The Bertz CT molecular complexity index is 1410. The van der Waals surface area contributed by atoms with Crippen molar-refractivity contribution in [1.29, 1.82) is 5.41 Å². The average Bonchev–Trinajstić information content (AvgIpc) is 3.49. The van der Waals surface area contributed by atoms with Crippen molar-refractivity contribution in [3.8, 4) is 11.1 Å². The van der Waals surface area contributed by atoms with Crippen LogP contribution in [0.15, 0.2) is 55.0 Å². The van der Waals surface area contributed by atoms with Crippen molar-refractivity contribution in [3.05, 3.63) is 71.8 Å². The van der Waals surface area contributed by atoms with E-state index >= 15 is 0 Å². The number of halogens is 2. The zero-order chi connectivity index (χ0) is 28.3. The van der Waals surface area contributed by atoms with Crippen LogP contribution in [0.25, 0.3) is 11.1 Å². The minimum Gasteiger partial charge on any atom is -0.398 e. The molecule has 2 aliphatic rings. The van der Waals surface area contributed by atoms with E-state index in [2.05, 4.69) is 15.3 Å². The molecule has 0 spiro atoms. The van der Waals surface area contributed by atoms with E-state index in [9.17, 15) is 18.4 Å². The average molecular weight is 548 g/mol. The second-order valence-electron chi connectivity index (χ2n) is 10.3. The molecule has 2 aliphatic heterocycles. The molecule has 0 unspecified atom stereocenters. The van der Waals surface area contributed by atoms with E-state index in [1.54, 1.807) is 47.6 Å². The monoisotopic (exact) mass is 547 g/mol. The van der Waals surface area contributed by atoms with Crippen molar-refractivity contribution in [2.45, 2.75) is 38.2 Å². The third kappa shape index (κ3) is 6.31. The highest BCUT2D eigenvalue weighted by atomic mass is 19.3. The van der Waals surface area contributed by atoms with Crippen LogP contribution in [0.2, 0.25) is 0 Å². The lowest BCUT2D eigenvalue weighted by atomic mass is 9.99. The second-order valence-corrected chi connectivity index (χ2v) is 10.3. The summed E-state index contributed by atoms with van der Waals surface area (Å²) in [7, 11) is 0. The van der Waals surface area contributed by atoms with Gasteiger partial charge in [0.05, 0.1) is 11.9 Å². The standard InChI is InChI=1S/C29H31F2N7O2/c30-29(31)7-11-37(12-8-29)18-19-13-21(16-34-15-19)20-3-5-24(32)23(14-20)26(33)27(39)36-22-4-6-25(35-17-22)28(40)38-9-1-2-10-38/h3-6,13-17,33H,1-2,7-12,18,32H2,(H,36,39). The summed E-state index contributed by atoms with van der Waals surface area (Å²) in [6.45, 7) is 2.59. The number of hydrogen-bond donors (Lipinski definition) is 3. The van der Waals surface area contributed by atoms with Crippen molar-refractivity contribution in [2.24, 2.45) is 0 Å². The highest BCUT2D eigenvalue weighted by molar-refractivity contribution is 6.48. The molecule has 40 heavy (non-hydrogen) atoms. The SMILES string of the molecule is N=C(C(=O)Nc1ccc(C(=O)N2CCCC2)nc1)c1cc(-c2cncc(CN3CCC(F)(F)CC3)c2)ccc1N. The first kappa shape index (κ1) is 27.3. The maximum Gasteiger partial charge on any atom is 0.274 e. The number of pyridine rings is 2. The summed E-state index contributed by atoms with van der Waals surface area (Å²) in [6, 6.07) is 10.1. The summed E-state index contributed by atoms with van der Waals surface area (Å²) in [5.74, 6) is -3.40. The van der Waals surface area contributed by atoms with Gasteiger partial charge in [-0.15, -0.1) is 0 Å². The fraction of sp³-hybridized carbons (Fsp3) is 0.345. The minimum absolute atomic E-state index is 0.135. The number of rotatable bonds is 7. The van der Waals surface area contributed by atoms with Gasteiger partial charge < -0.3 is 16.0 Å². The van der Waals surface area contributed by atoms with Gasteiger partial charge in [0.15, 0.2) is 0 Å².